The molecule has 1 aromatic heterocycles. The van der Waals surface area contributed by atoms with E-state index in [1.807, 2.05) is 4.90 Å². The minimum absolute atomic E-state index is 0.291. The van der Waals surface area contributed by atoms with E-state index in [-0.39, 0.29) is 5.82 Å². The van der Waals surface area contributed by atoms with Crippen LogP contribution in [0.1, 0.15) is 19.3 Å². The molecule has 1 unspecified atom stereocenters. The van der Waals surface area contributed by atoms with Gasteiger partial charge in [-0.15, -0.1) is 0 Å². The van der Waals surface area contributed by atoms with Crippen LogP contribution in [0, 0.1) is 5.82 Å². The summed E-state index contributed by atoms with van der Waals surface area (Å²) in [6.07, 6.45) is 4.01. The Kier molecular flexibility index (Phi) is 3.26. The zero-order chi connectivity index (χ0) is 14.1. The maximum atomic E-state index is 13.8. The zero-order valence-corrected chi connectivity index (χ0v) is 10.9. The van der Waals surface area contributed by atoms with Crippen LogP contribution in [0.15, 0.2) is 30.5 Å². The third kappa shape index (κ3) is 2.09. The van der Waals surface area contributed by atoms with Crippen LogP contribution in [0.4, 0.5) is 10.1 Å². The third-order valence-corrected chi connectivity index (χ3v) is 3.80. The average molecular weight is 274 g/mol. The van der Waals surface area contributed by atoms with Crippen molar-refractivity contribution >= 4 is 22.6 Å². The minimum atomic E-state index is -0.828. The van der Waals surface area contributed by atoms with Gasteiger partial charge in [-0.1, -0.05) is 12.1 Å². The van der Waals surface area contributed by atoms with Crippen molar-refractivity contribution in [2.24, 2.45) is 0 Å². The van der Waals surface area contributed by atoms with Crippen LogP contribution in [-0.4, -0.2) is 28.6 Å². The fraction of sp³-hybridized carbons (Fsp3) is 0.333. The number of para-hydroxylation sites is 1. The Bertz CT molecular complexity index is 659. The van der Waals surface area contributed by atoms with Crippen LogP contribution in [0.2, 0.25) is 0 Å². The van der Waals surface area contributed by atoms with Gasteiger partial charge in [0.15, 0.2) is 0 Å². The van der Waals surface area contributed by atoms with Crippen LogP contribution in [0.5, 0.6) is 0 Å². The molecule has 1 fully saturated rings. The molecule has 1 N–H and O–H groups in total. The van der Waals surface area contributed by atoms with E-state index in [4.69, 9.17) is 0 Å². The van der Waals surface area contributed by atoms with Crippen molar-refractivity contribution in [1.29, 1.82) is 0 Å². The van der Waals surface area contributed by atoms with E-state index in [1.165, 1.54) is 12.3 Å². The van der Waals surface area contributed by atoms with E-state index in [2.05, 4.69) is 4.98 Å². The number of rotatable bonds is 2. The summed E-state index contributed by atoms with van der Waals surface area (Å²) in [7, 11) is 0. The van der Waals surface area contributed by atoms with Gasteiger partial charge in [-0.3, -0.25) is 4.98 Å². The molecule has 5 heteroatoms. The molecule has 104 valence electrons. The SMILES string of the molecule is O=C(O)C1CCCCN1c1ccnc2c(F)cccc12. The van der Waals surface area contributed by atoms with Crippen molar-refractivity contribution in [3.8, 4) is 0 Å². The Labute approximate surface area is 115 Å². The zero-order valence-electron chi connectivity index (χ0n) is 10.9. The van der Waals surface area contributed by atoms with E-state index < -0.39 is 12.0 Å². The summed E-state index contributed by atoms with van der Waals surface area (Å²) in [6.45, 7) is 0.673. The van der Waals surface area contributed by atoms with E-state index in [9.17, 15) is 14.3 Å². The maximum Gasteiger partial charge on any atom is 0.326 e. The second kappa shape index (κ2) is 5.07. The number of aliphatic carboxylic acids is 1. The Morgan fingerprint density at radius 3 is 3.00 bits per heavy atom. The number of nitrogens with zero attached hydrogens (tertiary/aromatic N) is 2. The van der Waals surface area contributed by atoms with Crippen LogP contribution in [0.25, 0.3) is 10.9 Å². The van der Waals surface area contributed by atoms with Crippen LogP contribution < -0.4 is 4.90 Å². The molecule has 20 heavy (non-hydrogen) atoms. The van der Waals surface area contributed by atoms with Gasteiger partial charge in [-0.25, -0.2) is 9.18 Å². The van der Waals surface area contributed by atoms with E-state index in [1.54, 1.807) is 18.2 Å². The second-order valence-electron chi connectivity index (χ2n) is 5.01. The molecule has 0 bridgehead atoms. The van der Waals surface area contributed by atoms with Gasteiger partial charge in [-0.2, -0.15) is 0 Å². The van der Waals surface area contributed by atoms with E-state index in [0.29, 0.717) is 23.9 Å². The molecule has 0 amide bonds. The van der Waals surface area contributed by atoms with Gasteiger partial charge >= 0.3 is 5.97 Å². The quantitative estimate of drug-likeness (QED) is 0.915. The Morgan fingerprint density at radius 2 is 2.20 bits per heavy atom. The first kappa shape index (κ1) is 12.8. The standard InChI is InChI=1S/C15H15FN2O2/c16-11-5-3-4-10-12(7-8-17-14(10)11)18-9-2-1-6-13(18)15(19)20/h3-5,7-8,13H,1-2,6,9H2,(H,19,20). The highest BCUT2D eigenvalue weighted by molar-refractivity contribution is 5.93. The first-order chi connectivity index (χ1) is 9.68. The fourth-order valence-corrected chi connectivity index (χ4v) is 2.85. The molecule has 0 aliphatic carbocycles. The van der Waals surface area contributed by atoms with Gasteiger partial charge in [0.1, 0.15) is 17.4 Å². The molecule has 2 aromatic rings. The molecule has 1 aromatic carbocycles. The van der Waals surface area contributed by atoms with E-state index >= 15 is 0 Å². The number of anilines is 1. The van der Waals surface area contributed by atoms with Crippen molar-refractivity contribution in [2.45, 2.75) is 25.3 Å². The summed E-state index contributed by atoms with van der Waals surface area (Å²) < 4.78 is 13.8. The lowest BCUT2D eigenvalue weighted by atomic mass is 10.0. The van der Waals surface area contributed by atoms with Crippen molar-refractivity contribution in [2.75, 3.05) is 11.4 Å². The lowest BCUT2D eigenvalue weighted by Gasteiger charge is -2.35. The second-order valence-corrected chi connectivity index (χ2v) is 5.01. The maximum absolute atomic E-state index is 13.8. The fourth-order valence-electron chi connectivity index (χ4n) is 2.85. The monoisotopic (exact) mass is 274 g/mol. The highest BCUT2D eigenvalue weighted by Gasteiger charge is 2.29. The Morgan fingerprint density at radius 1 is 1.35 bits per heavy atom. The lowest BCUT2D eigenvalue weighted by molar-refractivity contribution is -0.139. The van der Waals surface area contributed by atoms with Gasteiger partial charge in [0.2, 0.25) is 0 Å². The van der Waals surface area contributed by atoms with Crippen LogP contribution in [0.3, 0.4) is 0 Å². The van der Waals surface area contributed by atoms with Crippen LogP contribution >= 0.6 is 0 Å². The normalized spacial score (nSPS) is 19.2. The molecule has 0 radical (unpaired) electrons. The molecule has 1 atom stereocenters. The van der Waals surface area contributed by atoms with Gasteiger partial charge < -0.3 is 10.0 Å². The number of fused-ring (bicyclic) bond motifs is 1. The minimum Gasteiger partial charge on any atom is -0.480 e. The van der Waals surface area contributed by atoms with Crippen molar-refractivity contribution in [3.05, 3.63) is 36.3 Å². The van der Waals surface area contributed by atoms with Gasteiger partial charge in [0, 0.05) is 23.8 Å². The third-order valence-electron chi connectivity index (χ3n) is 3.80. The van der Waals surface area contributed by atoms with Gasteiger partial charge in [0.25, 0.3) is 0 Å². The molecule has 0 spiro atoms. The molecule has 2 heterocycles. The summed E-state index contributed by atoms with van der Waals surface area (Å²) in [4.78, 5) is 17.3. The number of carboxylic acid groups (broad SMARTS) is 1. The number of carboxylic acids is 1. The summed E-state index contributed by atoms with van der Waals surface area (Å²) in [5.41, 5.74) is 1.04. The molecule has 3 rings (SSSR count). The average Bonchev–Trinajstić information content (AvgIpc) is 2.47. The number of piperidine rings is 1. The first-order valence-corrected chi connectivity index (χ1v) is 6.71. The molecule has 1 aliphatic rings. The van der Waals surface area contributed by atoms with E-state index in [0.717, 1.165) is 18.5 Å². The number of benzene rings is 1. The lowest BCUT2D eigenvalue weighted by Crippen LogP contribution is -2.44. The highest BCUT2D eigenvalue weighted by Crippen LogP contribution is 2.31. The predicted octanol–water partition coefficient (Wildman–Crippen LogP) is 2.82. The Hall–Kier alpha value is -2.17. The van der Waals surface area contributed by atoms with Crippen molar-refractivity contribution < 1.29 is 14.3 Å². The predicted molar refractivity (Wildman–Crippen MR) is 74.3 cm³/mol. The molecule has 1 aliphatic heterocycles. The first-order valence-electron chi connectivity index (χ1n) is 6.71. The molecular weight excluding hydrogens is 259 g/mol. The number of hydrogen-bond donors (Lipinski definition) is 1. The molecule has 4 nitrogen and oxygen atoms in total. The number of aromatic nitrogens is 1. The topological polar surface area (TPSA) is 53.4 Å². The van der Waals surface area contributed by atoms with Gasteiger partial charge in [0.05, 0.1) is 0 Å². The largest absolute Gasteiger partial charge is 0.480 e. The molecule has 0 saturated carbocycles. The van der Waals surface area contributed by atoms with Gasteiger partial charge in [-0.05, 0) is 31.4 Å². The summed E-state index contributed by atoms with van der Waals surface area (Å²) in [5.74, 6) is -1.21. The van der Waals surface area contributed by atoms with Crippen LogP contribution in [-0.2, 0) is 4.79 Å². The number of halogens is 1. The smallest absolute Gasteiger partial charge is 0.326 e. The highest BCUT2D eigenvalue weighted by atomic mass is 19.1. The molecular formula is C15H15FN2O2. The number of hydrogen-bond acceptors (Lipinski definition) is 3. The number of carbonyl (C=O) groups is 1. The Balaban J connectivity index is 2.13. The molecule has 1 saturated heterocycles. The number of pyridine rings is 1. The summed E-state index contributed by atoms with van der Waals surface area (Å²) in [6, 6.07) is 6.00. The summed E-state index contributed by atoms with van der Waals surface area (Å²) >= 11 is 0. The van der Waals surface area contributed by atoms with Crippen molar-refractivity contribution in [3.63, 3.8) is 0 Å². The van der Waals surface area contributed by atoms with Crippen molar-refractivity contribution in [1.82, 2.24) is 4.98 Å². The summed E-state index contributed by atoms with van der Waals surface area (Å²) in [5, 5.41) is 10.0.